The SMILES string of the molecule is CCNC(=O)C1CCCN(C(C(=O)OC)c2cccc(Cl)c2)C1. The zero-order valence-corrected chi connectivity index (χ0v) is 14.3. The van der Waals surface area contributed by atoms with Crippen molar-refractivity contribution in [1.82, 2.24) is 10.2 Å². The van der Waals surface area contributed by atoms with E-state index in [0.717, 1.165) is 24.9 Å². The quantitative estimate of drug-likeness (QED) is 0.838. The maximum absolute atomic E-state index is 12.3. The van der Waals surface area contributed by atoms with E-state index in [2.05, 4.69) is 5.32 Å². The second-order valence-corrected chi connectivity index (χ2v) is 6.15. The van der Waals surface area contributed by atoms with Crippen LogP contribution >= 0.6 is 11.6 Å². The van der Waals surface area contributed by atoms with Crippen molar-refractivity contribution in [2.45, 2.75) is 25.8 Å². The Balaban J connectivity index is 2.22. The summed E-state index contributed by atoms with van der Waals surface area (Å²) in [5, 5.41) is 3.44. The maximum Gasteiger partial charge on any atom is 0.327 e. The Morgan fingerprint density at radius 2 is 2.26 bits per heavy atom. The number of methoxy groups -OCH3 is 1. The predicted molar refractivity (Wildman–Crippen MR) is 89.2 cm³/mol. The van der Waals surface area contributed by atoms with Crippen LogP contribution in [0, 0.1) is 5.92 Å². The van der Waals surface area contributed by atoms with Crippen LogP contribution in [0.3, 0.4) is 0 Å². The fourth-order valence-electron chi connectivity index (χ4n) is 3.06. The Morgan fingerprint density at radius 3 is 2.91 bits per heavy atom. The summed E-state index contributed by atoms with van der Waals surface area (Å²) in [7, 11) is 1.38. The summed E-state index contributed by atoms with van der Waals surface area (Å²) in [5.74, 6) is -0.384. The molecule has 6 heteroatoms. The van der Waals surface area contributed by atoms with Gasteiger partial charge in [0.25, 0.3) is 0 Å². The van der Waals surface area contributed by atoms with Crippen molar-refractivity contribution in [1.29, 1.82) is 0 Å². The first-order chi connectivity index (χ1) is 11.1. The van der Waals surface area contributed by atoms with Gasteiger partial charge in [0.2, 0.25) is 5.91 Å². The standard InChI is InChI=1S/C17H23ClN2O3/c1-3-19-16(21)13-7-5-9-20(11-13)15(17(22)23-2)12-6-4-8-14(18)10-12/h4,6,8,10,13,15H,3,5,7,9,11H2,1-2H3,(H,19,21). The molecule has 1 heterocycles. The number of carbonyl (C=O) groups excluding carboxylic acids is 2. The van der Waals surface area contributed by atoms with E-state index in [1.165, 1.54) is 7.11 Å². The average Bonchev–Trinajstić information content (AvgIpc) is 2.55. The van der Waals surface area contributed by atoms with Crippen LogP contribution in [0.1, 0.15) is 31.4 Å². The normalized spacial score (nSPS) is 19.9. The Morgan fingerprint density at radius 1 is 1.48 bits per heavy atom. The van der Waals surface area contributed by atoms with Crippen molar-refractivity contribution in [3.8, 4) is 0 Å². The molecule has 0 radical (unpaired) electrons. The first-order valence-corrected chi connectivity index (χ1v) is 8.29. The highest BCUT2D eigenvalue weighted by Crippen LogP contribution is 2.29. The van der Waals surface area contributed by atoms with Crippen LogP contribution in [0.4, 0.5) is 0 Å². The highest BCUT2D eigenvalue weighted by Gasteiger charge is 2.34. The predicted octanol–water partition coefficient (Wildman–Crippen LogP) is 2.40. The van der Waals surface area contributed by atoms with Crippen LogP contribution in [0.25, 0.3) is 0 Å². The number of rotatable bonds is 5. The molecular formula is C17H23ClN2O3. The van der Waals surface area contributed by atoms with Gasteiger partial charge in [0.1, 0.15) is 6.04 Å². The lowest BCUT2D eigenvalue weighted by atomic mass is 9.94. The third-order valence-electron chi connectivity index (χ3n) is 4.13. The Labute approximate surface area is 141 Å². The van der Waals surface area contributed by atoms with Gasteiger partial charge < -0.3 is 10.1 Å². The van der Waals surface area contributed by atoms with Gasteiger partial charge in [-0.05, 0) is 44.0 Å². The van der Waals surface area contributed by atoms with Crippen molar-refractivity contribution < 1.29 is 14.3 Å². The first-order valence-electron chi connectivity index (χ1n) is 7.91. The topological polar surface area (TPSA) is 58.6 Å². The summed E-state index contributed by atoms with van der Waals surface area (Å²) in [6, 6.07) is 6.70. The van der Waals surface area contributed by atoms with E-state index in [0.29, 0.717) is 18.1 Å². The molecule has 23 heavy (non-hydrogen) atoms. The van der Waals surface area contributed by atoms with Gasteiger partial charge in [0, 0.05) is 18.1 Å². The number of nitrogens with zero attached hydrogens (tertiary/aromatic N) is 1. The van der Waals surface area contributed by atoms with Crippen molar-refractivity contribution in [3.05, 3.63) is 34.9 Å². The molecule has 0 bridgehead atoms. The van der Waals surface area contributed by atoms with Gasteiger partial charge in [-0.15, -0.1) is 0 Å². The molecule has 1 saturated heterocycles. The monoisotopic (exact) mass is 338 g/mol. The highest BCUT2D eigenvalue weighted by molar-refractivity contribution is 6.30. The second-order valence-electron chi connectivity index (χ2n) is 5.71. The van der Waals surface area contributed by atoms with E-state index in [1.807, 2.05) is 24.0 Å². The van der Waals surface area contributed by atoms with Crippen LogP contribution < -0.4 is 5.32 Å². The van der Waals surface area contributed by atoms with E-state index in [-0.39, 0.29) is 17.8 Å². The Hall–Kier alpha value is -1.59. The van der Waals surface area contributed by atoms with E-state index >= 15 is 0 Å². The van der Waals surface area contributed by atoms with Crippen LogP contribution in [0.5, 0.6) is 0 Å². The minimum Gasteiger partial charge on any atom is -0.468 e. The van der Waals surface area contributed by atoms with Crippen LogP contribution in [-0.2, 0) is 14.3 Å². The number of likely N-dealkylation sites (tertiary alicyclic amines) is 1. The van der Waals surface area contributed by atoms with Crippen LogP contribution in [0.2, 0.25) is 5.02 Å². The number of ether oxygens (including phenoxy) is 1. The van der Waals surface area contributed by atoms with Gasteiger partial charge in [-0.1, -0.05) is 23.7 Å². The Kier molecular flexibility index (Phi) is 6.42. The zero-order chi connectivity index (χ0) is 16.8. The van der Waals surface area contributed by atoms with E-state index in [1.54, 1.807) is 12.1 Å². The molecule has 1 aromatic rings. The number of nitrogens with one attached hydrogen (secondary N) is 1. The molecule has 1 N–H and O–H groups in total. The number of esters is 1. The molecule has 0 spiro atoms. The molecule has 126 valence electrons. The second kappa shape index (κ2) is 8.31. The van der Waals surface area contributed by atoms with Crippen LogP contribution in [0.15, 0.2) is 24.3 Å². The van der Waals surface area contributed by atoms with Gasteiger partial charge >= 0.3 is 5.97 Å². The van der Waals surface area contributed by atoms with Gasteiger partial charge in [-0.2, -0.15) is 0 Å². The van der Waals surface area contributed by atoms with E-state index in [9.17, 15) is 9.59 Å². The molecule has 0 aliphatic carbocycles. The number of piperidine rings is 1. The number of hydrogen-bond acceptors (Lipinski definition) is 4. The average molecular weight is 339 g/mol. The Bertz CT molecular complexity index is 565. The van der Waals surface area contributed by atoms with Gasteiger partial charge in [0.05, 0.1) is 13.0 Å². The fourth-order valence-corrected chi connectivity index (χ4v) is 3.26. The number of benzene rings is 1. The molecule has 5 nitrogen and oxygen atoms in total. The molecule has 1 fully saturated rings. The lowest BCUT2D eigenvalue weighted by Crippen LogP contribution is -2.46. The highest BCUT2D eigenvalue weighted by atomic mass is 35.5. The summed E-state index contributed by atoms with van der Waals surface area (Å²) in [4.78, 5) is 26.5. The molecule has 2 atom stereocenters. The lowest BCUT2D eigenvalue weighted by Gasteiger charge is -2.36. The minimum absolute atomic E-state index is 0.0481. The smallest absolute Gasteiger partial charge is 0.327 e. The van der Waals surface area contributed by atoms with Crippen molar-refractivity contribution >= 4 is 23.5 Å². The van der Waals surface area contributed by atoms with Crippen molar-refractivity contribution in [3.63, 3.8) is 0 Å². The maximum atomic E-state index is 12.3. The number of hydrogen-bond donors (Lipinski definition) is 1. The zero-order valence-electron chi connectivity index (χ0n) is 13.5. The number of halogens is 1. The molecular weight excluding hydrogens is 316 g/mol. The molecule has 0 aromatic heterocycles. The lowest BCUT2D eigenvalue weighted by molar-refractivity contribution is -0.149. The summed E-state index contributed by atoms with van der Waals surface area (Å²) in [6.45, 7) is 3.81. The summed E-state index contributed by atoms with van der Waals surface area (Å²) < 4.78 is 4.98. The minimum atomic E-state index is -0.532. The van der Waals surface area contributed by atoms with Crippen LogP contribution in [-0.4, -0.2) is 43.5 Å². The molecule has 1 aliphatic rings. The molecule has 2 unspecified atom stereocenters. The van der Waals surface area contributed by atoms with E-state index < -0.39 is 6.04 Å². The van der Waals surface area contributed by atoms with Gasteiger partial charge in [0.15, 0.2) is 0 Å². The first kappa shape index (κ1) is 17.8. The molecule has 1 amide bonds. The number of carbonyl (C=O) groups is 2. The number of amides is 1. The molecule has 1 aliphatic heterocycles. The third kappa shape index (κ3) is 4.45. The molecule has 0 saturated carbocycles. The summed E-state index contributed by atoms with van der Waals surface area (Å²) in [6.07, 6.45) is 1.71. The molecule has 2 rings (SSSR count). The van der Waals surface area contributed by atoms with Gasteiger partial charge in [-0.3, -0.25) is 9.69 Å². The third-order valence-corrected chi connectivity index (χ3v) is 4.36. The molecule has 1 aromatic carbocycles. The largest absolute Gasteiger partial charge is 0.468 e. The van der Waals surface area contributed by atoms with Gasteiger partial charge in [-0.25, -0.2) is 4.79 Å². The van der Waals surface area contributed by atoms with Crippen molar-refractivity contribution in [2.75, 3.05) is 26.7 Å². The summed E-state index contributed by atoms with van der Waals surface area (Å²) in [5.41, 5.74) is 0.792. The summed E-state index contributed by atoms with van der Waals surface area (Å²) >= 11 is 6.06. The van der Waals surface area contributed by atoms with Crippen molar-refractivity contribution in [2.24, 2.45) is 5.92 Å². The van der Waals surface area contributed by atoms with E-state index in [4.69, 9.17) is 16.3 Å². The fraction of sp³-hybridized carbons (Fsp3) is 0.529.